The van der Waals surface area contributed by atoms with Crippen LogP contribution in [-0.2, 0) is 0 Å². The SMILES string of the molecule is CC(C)(C)CCN1CC2(CCCC2)NCC12CCCCC2. The number of piperazine rings is 1. The van der Waals surface area contributed by atoms with E-state index in [2.05, 4.69) is 31.0 Å². The van der Waals surface area contributed by atoms with Crippen LogP contribution in [0, 0.1) is 5.41 Å². The van der Waals surface area contributed by atoms with Crippen molar-refractivity contribution in [3.05, 3.63) is 0 Å². The third kappa shape index (κ3) is 3.47. The molecule has 2 saturated carbocycles. The van der Waals surface area contributed by atoms with E-state index in [1.54, 1.807) is 0 Å². The lowest BCUT2D eigenvalue weighted by Gasteiger charge is -2.56. The van der Waals surface area contributed by atoms with Crippen LogP contribution in [0.2, 0.25) is 0 Å². The minimum absolute atomic E-state index is 0.462. The molecule has 21 heavy (non-hydrogen) atoms. The fraction of sp³-hybridized carbons (Fsp3) is 1.00. The third-order valence-electron chi connectivity index (χ3n) is 6.43. The van der Waals surface area contributed by atoms with Crippen molar-refractivity contribution in [2.24, 2.45) is 5.41 Å². The van der Waals surface area contributed by atoms with Crippen molar-refractivity contribution in [3.8, 4) is 0 Å². The number of rotatable bonds is 2. The van der Waals surface area contributed by atoms with Crippen LogP contribution in [0.3, 0.4) is 0 Å². The number of nitrogens with zero attached hydrogens (tertiary/aromatic N) is 1. The summed E-state index contributed by atoms with van der Waals surface area (Å²) in [5.74, 6) is 0. The van der Waals surface area contributed by atoms with Gasteiger partial charge in [0.25, 0.3) is 0 Å². The summed E-state index contributed by atoms with van der Waals surface area (Å²) in [4.78, 5) is 2.94. The lowest BCUT2D eigenvalue weighted by molar-refractivity contribution is -0.0231. The van der Waals surface area contributed by atoms with Gasteiger partial charge in [-0.05, 0) is 44.1 Å². The first-order valence-electron chi connectivity index (χ1n) is 9.43. The summed E-state index contributed by atoms with van der Waals surface area (Å²) >= 11 is 0. The van der Waals surface area contributed by atoms with E-state index in [-0.39, 0.29) is 0 Å². The minimum Gasteiger partial charge on any atom is -0.308 e. The van der Waals surface area contributed by atoms with E-state index in [1.807, 2.05) is 0 Å². The Kier molecular flexibility index (Phi) is 4.40. The molecule has 122 valence electrons. The summed E-state index contributed by atoms with van der Waals surface area (Å²) in [6.45, 7) is 11.1. The summed E-state index contributed by atoms with van der Waals surface area (Å²) in [5.41, 5.74) is 1.43. The molecule has 1 aliphatic heterocycles. The van der Waals surface area contributed by atoms with E-state index >= 15 is 0 Å². The summed E-state index contributed by atoms with van der Waals surface area (Å²) < 4.78 is 0. The molecule has 0 amide bonds. The molecule has 1 N–H and O–H groups in total. The minimum atomic E-state index is 0.462. The second-order valence-corrected chi connectivity index (χ2v) is 9.36. The Balaban J connectivity index is 1.73. The van der Waals surface area contributed by atoms with Crippen LogP contribution in [-0.4, -0.2) is 35.6 Å². The van der Waals surface area contributed by atoms with Gasteiger partial charge >= 0.3 is 0 Å². The number of hydrogen-bond acceptors (Lipinski definition) is 2. The standard InChI is InChI=1S/C19H36N2/c1-17(2,3)13-14-21-16-18(9-7-8-10-18)20-15-19(21)11-5-4-6-12-19/h20H,4-16H2,1-3H3. The van der Waals surface area contributed by atoms with Gasteiger partial charge in [-0.1, -0.05) is 52.9 Å². The average molecular weight is 293 g/mol. The molecule has 0 unspecified atom stereocenters. The molecule has 2 aliphatic carbocycles. The van der Waals surface area contributed by atoms with Crippen LogP contribution in [0.1, 0.15) is 85.0 Å². The van der Waals surface area contributed by atoms with E-state index in [9.17, 15) is 0 Å². The highest BCUT2D eigenvalue weighted by Crippen LogP contribution is 2.42. The monoisotopic (exact) mass is 292 g/mol. The van der Waals surface area contributed by atoms with Gasteiger partial charge in [0.1, 0.15) is 0 Å². The second-order valence-electron chi connectivity index (χ2n) is 9.36. The van der Waals surface area contributed by atoms with Crippen molar-refractivity contribution in [3.63, 3.8) is 0 Å². The molecule has 2 spiro atoms. The molecule has 2 nitrogen and oxygen atoms in total. The van der Waals surface area contributed by atoms with Gasteiger partial charge in [-0.25, -0.2) is 0 Å². The van der Waals surface area contributed by atoms with Crippen molar-refractivity contribution < 1.29 is 0 Å². The first-order chi connectivity index (χ1) is 9.93. The van der Waals surface area contributed by atoms with Crippen molar-refractivity contribution in [1.82, 2.24) is 10.2 Å². The molecular formula is C19H36N2. The summed E-state index contributed by atoms with van der Waals surface area (Å²) in [7, 11) is 0. The van der Waals surface area contributed by atoms with E-state index in [0.29, 0.717) is 16.5 Å². The zero-order valence-corrected chi connectivity index (χ0v) is 14.6. The van der Waals surface area contributed by atoms with Crippen LogP contribution in [0.4, 0.5) is 0 Å². The molecule has 0 aromatic carbocycles. The maximum atomic E-state index is 4.04. The van der Waals surface area contributed by atoms with Crippen LogP contribution in [0.15, 0.2) is 0 Å². The molecule has 3 aliphatic rings. The van der Waals surface area contributed by atoms with Crippen LogP contribution in [0.5, 0.6) is 0 Å². The molecule has 3 fully saturated rings. The fourth-order valence-corrected chi connectivity index (χ4v) is 4.93. The predicted molar refractivity (Wildman–Crippen MR) is 90.7 cm³/mol. The van der Waals surface area contributed by atoms with Crippen molar-refractivity contribution in [2.45, 2.75) is 96.1 Å². The lowest BCUT2D eigenvalue weighted by atomic mass is 9.75. The van der Waals surface area contributed by atoms with E-state index < -0.39 is 0 Å². The Morgan fingerprint density at radius 1 is 0.905 bits per heavy atom. The summed E-state index contributed by atoms with van der Waals surface area (Å²) in [5, 5.41) is 4.04. The van der Waals surface area contributed by atoms with Gasteiger partial charge in [-0.3, -0.25) is 4.90 Å². The molecule has 0 radical (unpaired) electrons. The summed E-state index contributed by atoms with van der Waals surface area (Å²) in [6.07, 6.45) is 14.2. The Hall–Kier alpha value is -0.0800. The van der Waals surface area contributed by atoms with Crippen molar-refractivity contribution in [1.29, 1.82) is 0 Å². The zero-order chi connectivity index (χ0) is 15.0. The normalized spacial score (nSPS) is 29.3. The van der Waals surface area contributed by atoms with Crippen LogP contribution < -0.4 is 5.32 Å². The highest BCUT2D eigenvalue weighted by atomic mass is 15.3. The largest absolute Gasteiger partial charge is 0.308 e. The zero-order valence-electron chi connectivity index (χ0n) is 14.6. The molecule has 1 heterocycles. The van der Waals surface area contributed by atoms with Gasteiger partial charge in [0.2, 0.25) is 0 Å². The fourth-order valence-electron chi connectivity index (χ4n) is 4.93. The van der Waals surface area contributed by atoms with Gasteiger partial charge < -0.3 is 5.32 Å². The topological polar surface area (TPSA) is 15.3 Å². The second kappa shape index (κ2) is 5.85. The molecule has 0 bridgehead atoms. The van der Waals surface area contributed by atoms with E-state index in [0.717, 1.165) is 0 Å². The Morgan fingerprint density at radius 2 is 1.52 bits per heavy atom. The maximum Gasteiger partial charge on any atom is 0.0334 e. The highest BCUT2D eigenvalue weighted by molar-refractivity contribution is 5.07. The van der Waals surface area contributed by atoms with Crippen LogP contribution in [0.25, 0.3) is 0 Å². The predicted octanol–water partition coefficient (Wildman–Crippen LogP) is 4.34. The van der Waals surface area contributed by atoms with Gasteiger partial charge in [0.15, 0.2) is 0 Å². The number of hydrogen-bond donors (Lipinski definition) is 1. The molecule has 0 aromatic rings. The molecule has 1 saturated heterocycles. The smallest absolute Gasteiger partial charge is 0.0334 e. The Morgan fingerprint density at radius 3 is 2.14 bits per heavy atom. The average Bonchev–Trinajstić information content (AvgIpc) is 2.89. The first kappa shape index (κ1) is 15.8. The van der Waals surface area contributed by atoms with Gasteiger partial charge in [-0.15, -0.1) is 0 Å². The van der Waals surface area contributed by atoms with E-state index in [1.165, 1.54) is 83.8 Å². The van der Waals surface area contributed by atoms with Crippen molar-refractivity contribution in [2.75, 3.05) is 19.6 Å². The number of nitrogens with one attached hydrogen (secondary N) is 1. The van der Waals surface area contributed by atoms with Crippen molar-refractivity contribution >= 4 is 0 Å². The Labute approximate surface area is 132 Å². The van der Waals surface area contributed by atoms with Gasteiger partial charge in [0.05, 0.1) is 0 Å². The molecule has 3 rings (SSSR count). The maximum absolute atomic E-state index is 4.04. The highest BCUT2D eigenvalue weighted by Gasteiger charge is 2.48. The quantitative estimate of drug-likeness (QED) is 0.814. The molecule has 0 atom stereocenters. The molecule has 0 aromatic heterocycles. The first-order valence-corrected chi connectivity index (χ1v) is 9.43. The summed E-state index contributed by atoms with van der Waals surface area (Å²) in [6, 6.07) is 0. The Bertz CT molecular complexity index is 343. The van der Waals surface area contributed by atoms with E-state index in [4.69, 9.17) is 0 Å². The molecule has 2 heteroatoms. The van der Waals surface area contributed by atoms with Gasteiger partial charge in [-0.2, -0.15) is 0 Å². The van der Waals surface area contributed by atoms with Crippen LogP contribution >= 0.6 is 0 Å². The lowest BCUT2D eigenvalue weighted by Crippen LogP contribution is -2.70. The molecular weight excluding hydrogens is 256 g/mol. The third-order valence-corrected chi connectivity index (χ3v) is 6.43. The van der Waals surface area contributed by atoms with Gasteiger partial charge in [0, 0.05) is 24.2 Å².